The van der Waals surface area contributed by atoms with Crippen LogP contribution < -0.4 is 10.1 Å². The second-order valence-corrected chi connectivity index (χ2v) is 6.11. The number of nitrogens with zero attached hydrogens (tertiary/aromatic N) is 1. The predicted molar refractivity (Wildman–Crippen MR) is 90.8 cm³/mol. The fourth-order valence-electron chi connectivity index (χ4n) is 2.46. The van der Waals surface area contributed by atoms with E-state index in [0.717, 1.165) is 36.8 Å². The molecule has 1 amide bonds. The molecule has 118 valence electrons. The van der Waals surface area contributed by atoms with Gasteiger partial charge in [0.25, 0.3) is 0 Å². The van der Waals surface area contributed by atoms with Crippen LogP contribution in [0.4, 0.5) is 4.79 Å². The SMILES string of the molecule is CCC#CCN1CCC[C@@H]1CNC(=O)Oc1ccc(Br)cc1. The van der Waals surface area contributed by atoms with Crippen molar-refractivity contribution in [3.05, 3.63) is 28.7 Å². The van der Waals surface area contributed by atoms with Crippen molar-refractivity contribution in [3.63, 3.8) is 0 Å². The van der Waals surface area contributed by atoms with Crippen molar-refractivity contribution in [2.75, 3.05) is 19.6 Å². The normalized spacial score (nSPS) is 17.6. The van der Waals surface area contributed by atoms with E-state index in [9.17, 15) is 4.79 Å². The van der Waals surface area contributed by atoms with Gasteiger partial charge in [0.05, 0.1) is 6.54 Å². The van der Waals surface area contributed by atoms with E-state index in [4.69, 9.17) is 4.74 Å². The maximum atomic E-state index is 11.8. The lowest BCUT2D eigenvalue weighted by molar-refractivity contribution is 0.194. The van der Waals surface area contributed by atoms with E-state index in [1.165, 1.54) is 0 Å². The van der Waals surface area contributed by atoms with Gasteiger partial charge in [-0.1, -0.05) is 28.8 Å². The molecule has 0 radical (unpaired) electrons. The van der Waals surface area contributed by atoms with Gasteiger partial charge >= 0.3 is 6.09 Å². The van der Waals surface area contributed by atoms with Crippen LogP contribution in [0, 0.1) is 11.8 Å². The van der Waals surface area contributed by atoms with Crippen LogP contribution in [0.15, 0.2) is 28.7 Å². The number of carbonyl (C=O) groups excluding carboxylic acids is 1. The fraction of sp³-hybridized carbons (Fsp3) is 0.471. The highest BCUT2D eigenvalue weighted by molar-refractivity contribution is 9.10. The van der Waals surface area contributed by atoms with E-state index >= 15 is 0 Å². The minimum atomic E-state index is -0.409. The average molecular weight is 365 g/mol. The molecule has 0 unspecified atom stereocenters. The van der Waals surface area contributed by atoms with Crippen molar-refractivity contribution < 1.29 is 9.53 Å². The number of hydrogen-bond donors (Lipinski definition) is 1. The van der Waals surface area contributed by atoms with Crippen LogP contribution in [0.5, 0.6) is 5.75 Å². The Morgan fingerprint density at radius 1 is 1.41 bits per heavy atom. The maximum absolute atomic E-state index is 11.8. The standard InChI is InChI=1S/C17H21BrN2O2/c1-2-3-4-11-20-12-5-6-15(20)13-19-17(21)22-16-9-7-14(18)8-10-16/h7-10,15H,2,5-6,11-13H2,1H3,(H,19,21)/t15-/m1/s1. The van der Waals surface area contributed by atoms with Gasteiger partial charge in [-0.2, -0.15) is 0 Å². The molecule has 22 heavy (non-hydrogen) atoms. The molecule has 1 fully saturated rings. The van der Waals surface area contributed by atoms with Crippen LogP contribution >= 0.6 is 15.9 Å². The molecule has 1 N–H and O–H groups in total. The minimum Gasteiger partial charge on any atom is -0.410 e. The Hall–Kier alpha value is -1.51. The average Bonchev–Trinajstić information content (AvgIpc) is 2.95. The van der Waals surface area contributed by atoms with Crippen molar-refractivity contribution in [2.24, 2.45) is 0 Å². The first-order valence-electron chi connectivity index (χ1n) is 7.60. The Labute approximate surface area is 140 Å². The minimum absolute atomic E-state index is 0.351. The summed E-state index contributed by atoms with van der Waals surface area (Å²) in [6, 6.07) is 7.54. The van der Waals surface area contributed by atoms with Gasteiger partial charge < -0.3 is 10.1 Å². The molecule has 1 aromatic carbocycles. The van der Waals surface area contributed by atoms with Crippen molar-refractivity contribution in [1.29, 1.82) is 0 Å². The molecular weight excluding hydrogens is 344 g/mol. The topological polar surface area (TPSA) is 41.6 Å². The molecule has 4 nitrogen and oxygen atoms in total. The van der Waals surface area contributed by atoms with E-state index in [1.807, 2.05) is 19.1 Å². The first-order chi connectivity index (χ1) is 10.7. The number of halogens is 1. The third-order valence-corrected chi connectivity index (χ3v) is 4.12. The van der Waals surface area contributed by atoms with Crippen LogP contribution in [-0.2, 0) is 0 Å². The number of hydrogen-bond acceptors (Lipinski definition) is 3. The Morgan fingerprint density at radius 3 is 2.91 bits per heavy atom. The number of carbonyl (C=O) groups is 1. The smallest absolute Gasteiger partial charge is 0.410 e. The van der Waals surface area contributed by atoms with Gasteiger partial charge in [-0.15, -0.1) is 5.92 Å². The molecule has 5 heteroatoms. The van der Waals surface area contributed by atoms with Gasteiger partial charge in [-0.3, -0.25) is 4.90 Å². The van der Waals surface area contributed by atoms with Gasteiger partial charge in [0, 0.05) is 23.5 Å². The Morgan fingerprint density at radius 2 is 2.18 bits per heavy atom. The summed E-state index contributed by atoms with van der Waals surface area (Å²) in [5, 5.41) is 2.85. The highest BCUT2D eigenvalue weighted by Gasteiger charge is 2.24. The van der Waals surface area contributed by atoms with E-state index in [-0.39, 0.29) is 0 Å². The Bertz CT molecular complexity index is 548. The molecule has 2 rings (SSSR count). The highest BCUT2D eigenvalue weighted by Crippen LogP contribution is 2.17. The first kappa shape index (κ1) is 16.9. The van der Waals surface area contributed by atoms with Crippen molar-refractivity contribution in [1.82, 2.24) is 10.2 Å². The number of nitrogens with one attached hydrogen (secondary N) is 1. The molecule has 1 aliphatic rings. The zero-order valence-corrected chi connectivity index (χ0v) is 14.4. The molecule has 0 aliphatic carbocycles. The summed E-state index contributed by atoms with van der Waals surface area (Å²) in [7, 11) is 0. The quantitative estimate of drug-likeness (QED) is 0.832. The molecule has 1 saturated heterocycles. The second kappa shape index (κ2) is 8.82. The molecule has 0 saturated carbocycles. The molecule has 0 bridgehead atoms. The van der Waals surface area contributed by atoms with Crippen LogP contribution in [0.25, 0.3) is 0 Å². The molecule has 1 aromatic rings. The summed E-state index contributed by atoms with van der Waals surface area (Å²) in [5.41, 5.74) is 0. The van der Waals surface area contributed by atoms with Gasteiger partial charge in [-0.05, 0) is 43.7 Å². The van der Waals surface area contributed by atoms with Crippen molar-refractivity contribution in [2.45, 2.75) is 32.2 Å². The third-order valence-electron chi connectivity index (χ3n) is 3.59. The van der Waals surface area contributed by atoms with Crippen molar-refractivity contribution >= 4 is 22.0 Å². The lowest BCUT2D eigenvalue weighted by atomic mass is 10.2. The monoisotopic (exact) mass is 364 g/mol. The van der Waals surface area contributed by atoms with Crippen molar-refractivity contribution in [3.8, 4) is 17.6 Å². The third kappa shape index (κ3) is 5.36. The Balaban J connectivity index is 1.76. The number of ether oxygens (including phenoxy) is 1. The summed E-state index contributed by atoms with van der Waals surface area (Å²) in [5.74, 6) is 6.80. The second-order valence-electron chi connectivity index (χ2n) is 5.20. The summed E-state index contributed by atoms with van der Waals surface area (Å²) >= 11 is 3.35. The molecule has 1 atom stereocenters. The van der Waals surface area contributed by atoms with E-state index in [0.29, 0.717) is 18.3 Å². The largest absolute Gasteiger partial charge is 0.412 e. The van der Waals surface area contributed by atoms with Gasteiger partial charge in [0.15, 0.2) is 0 Å². The lowest BCUT2D eigenvalue weighted by Gasteiger charge is -2.22. The maximum Gasteiger partial charge on any atom is 0.412 e. The van der Waals surface area contributed by atoms with E-state index in [2.05, 4.69) is 38.0 Å². The van der Waals surface area contributed by atoms with Gasteiger partial charge in [-0.25, -0.2) is 4.79 Å². The van der Waals surface area contributed by atoms with Crippen LogP contribution in [0.3, 0.4) is 0 Å². The summed E-state index contributed by atoms with van der Waals surface area (Å²) in [6.45, 7) is 4.48. The fourth-order valence-corrected chi connectivity index (χ4v) is 2.73. The lowest BCUT2D eigenvalue weighted by Crippen LogP contribution is -2.41. The van der Waals surface area contributed by atoms with Crippen LogP contribution in [0.1, 0.15) is 26.2 Å². The molecule has 0 aromatic heterocycles. The van der Waals surface area contributed by atoms with Crippen LogP contribution in [-0.4, -0.2) is 36.7 Å². The summed E-state index contributed by atoms with van der Waals surface area (Å²) in [4.78, 5) is 14.2. The predicted octanol–water partition coefficient (Wildman–Crippen LogP) is 3.42. The van der Waals surface area contributed by atoms with Crippen LogP contribution in [0.2, 0.25) is 0 Å². The highest BCUT2D eigenvalue weighted by atomic mass is 79.9. The summed E-state index contributed by atoms with van der Waals surface area (Å²) in [6.07, 6.45) is 2.72. The van der Waals surface area contributed by atoms with E-state index in [1.54, 1.807) is 12.1 Å². The molecule has 0 spiro atoms. The summed E-state index contributed by atoms with van der Waals surface area (Å²) < 4.78 is 6.20. The molecule has 1 aliphatic heterocycles. The van der Waals surface area contributed by atoms with Gasteiger partial charge in [0.1, 0.15) is 5.75 Å². The number of benzene rings is 1. The Kier molecular flexibility index (Phi) is 6.75. The zero-order chi connectivity index (χ0) is 15.8. The molecular formula is C17H21BrN2O2. The number of likely N-dealkylation sites (tertiary alicyclic amines) is 1. The van der Waals surface area contributed by atoms with Gasteiger partial charge in [0.2, 0.25) is 0 Å². The first-order valence-corrected chi connectivity index (χ1v) is 8.39. The zero-order valence-electron chi connectivity index (χ0n) is 12.8. The number of amides is 1. The van der Waals surface area contributed by atoms with E-state index < -0.39 is 6.09 Å². The number of rotatable bonds is 4. The molecule has 1 heterocycles.